The molecule has 0 unspecified atom stereocenters. The first kappa shape index (κ1) is 27.5. The number of rotatable bonds is 11. The van der Waals surface area contributed by atoms with Crippen LogP contribution in [0.3, 0.4) is 0 Å². The van der Waals surface area contributed by atoms with Gasteiger partial charge in [-0.2, -0.15) is 0 Å². The minimum Gasteiger partial charge on any atom is -0.395 e. The van der Waals surface area contributed by atoms with E-state index in [4.69, 9.17) is 5.73 Å². The second-order valence-electron chi connectivity index (χ2n) is 10.3. The van der Waals surface area contributed by atoms with Crippen molar-refractivity contribution in [3.05, 3.63) is 71.3 Å². The van der Waals surface area contributed by atoms with Gasteiger partial charge >= 0.3 is 6.29 Å². The van der Waals surface area contributed by atoms with E-state index >= 15 is 0 Å². The van der Waals surface area contributed by atoms with Crippen LogP contribution >= 0.6 is 0 Å². The first-order valence-corrected chi connectivity index (χ1v) is 13.5. The van der Waals surface area contributed by atoms with Gasteiger partial charge in [-0.05, 0) is 80.6 Å². The number of fused-ring (bicyclic) bond motifs is 1. The number of aromatic nitrogens is 1. The Morgan fingerprint density at radius 2 is 1.75 bits per heavy atom. The van der Waals surface area contributed by atoms with Crippen LogP contribution in [0.5, 0.6) is 11.5 Å². The molecule has 0 spiro atoms. The quantitative estimate of drug-likeness (QED) is 0.279. The molecule has 5 rings (SSSR count). The Morgan fingerprint density at radius 1 is 0.975 bits per heavy atom. The van der Waals surface area contributed by atoms with E-state index in [9.17, 15) is 18.4 Å². The molecule has 10 heteroatoms. The molecule has 1 fully saturated rings. The lowest BCUT2D eigenvalue weighted by Gasteiger charge is -2.17. The molecule has 2 aliphatic rings. The number of amides is 2. The van der Waals surface area contributed by atoms with Crippen LogP contribution in [0.25, 0.3) is 11.3 Å². The fourth-order valence-corrected chi connectivity index (χ4v) is 4.88. The first-order chi connectivity index (χ1) is 19.2. The predicted molar refractivity (Wildman–Crippen MR) is 146 cm³/mol. The third kappa shape index (κ3) is 5.91. The summed E-state index contributed by atoms with van der Waals surface area (Å²) in [4.78, 5) is 30.7. The maximum absolute atomic E-state index is 13.5. The molecule has 40 heavy (non-hydrogen) atoms. The number of nitrogens with one attached hydrogen (secondary N) is 2. The molecule has 1 aliphatic carbocycles. The largest absolute Gasteiger partial charge is 0.586 e. The average Bonchev–Trinajstić information content (AvgIpc) is 3.68. The molecule has 4 N–H and O–H groups in total. The lowest BCUT2D eigenvalue weighted by molar-refractivity contribution is -0.286. The Balaban J connectivity index is 1.27. The van der Waals surface area contributed by atoms with Crippen molar-refractivity contribution in [2.24, 2.45) is 5.73 Å². The van der Waals surface area contributed by atoms with Gasteiger partial charge in [-0.25, -0.2) is 4.98 Å². The summed E-state index contributed by atoms with van der Waals surface area (Å²) >= 11 is 0. The van der Waals surface area contributed by atoms with Gasteiger partial charge in [-0.3, -0.25) is 9.59 Å². The number of halogens is 2. The molecular formula is C30H32F2N4O4. The lowest BCUT2D eigenvalue weighted by Crippen LogP contribution is -2.28. The van der Waals surface area contributed by atoms with Crippen LogP contribution in [0.2, 0.25) is 0 Å². The number of aryl methyl sites for hydroxylation is 1. The fraction of sp³-hybridized carbons (Fsp3) is 0.367. The van der Waals surface area contributed by atoms with Gasteiger partial charge in [0.05, 0.1) is 11.1 Å². The maximum Gasteiger partial charge on any atom is 0.586 e. The van der Waals surface area contributed by atoms with Crippen molar-refractivity contribution >= 4 is 17.6 Å². The van der Waals surface area contributed by atoms with Crippen molar-refractivity contribution in [3.8, 4) is 22.8 Å². The van der Waals surface area contributed by atoms with Crippen LogP contribution in [-0.2, 0) is 10.2 Å². The molecule has 2 heterocycles. The summed E-state index contributed by atoms with van der Waals surface area (Å²) in [6, 6.07) is 15.2. The molecule has 0 saturated heterocycles. The number of alkyl halides is 2. The number of unbranched alkanes of at least 4 members (excludes halogenated alkanes) is 3. The highest BCUT2D eigenvalue weighted by molar-refractivity contribution is 6.01. The van der Waals surface area contributed by atoms with Crippen LogP contribution in [-0.4, -0.2) is 36.2 Å². The van der Waals surface area contributed by atoms with E-state index in [2.05, 4.69) is 25.1 Å². The van der Waals surface area contributed by atoms with E-state index in [0.717, 1.165) is 36.8 Å². The molecule has 1 aromatic heterocycles. The van der Waals surface area contributed by atoms with Crippen LogP contribution in [0.4, 0.5) is 14.6 Å². The maximum atomic E-state index is 13.5. The van der Waals surface area contributed by atoms with E-state index in [-0.39, 0.29) is 23.3 Å². The SMILES string of the molecule is Cc1ccc(NC(=O)C2(c3ccc4c(c3)OC(F)(F)O4)CC2)nc1-c1cccc(C(=O)NCCCCCCN)c1. The Labute approximate surface area is 231 Å². The number of nitrogens with zero attached hydrogens (tertiary/aromatic N) is 1. The highest BCUT2D eigenvalue weighted by atomic mass is 19.3. The minimum atomic E-state index is -3.72. The van der Waals surface area contributed by atoms with Crippen molar-refractivity contribution in [3.63, 3.8) is 0 Å². The summed E-state index contributed by atoms with van der Waals surface area (Å²) in [6.45, 7) is 3.19. The summed E-state index contributed by atoms with van der Waals surface area (Å²) < 4.78 is 36.0. The third-order valence-corrected chi connectivity index (χ3v) is 7.29. The molecule has 210 valence electrons. The number of hydrogen-bond donors (Lipinski definition) is 3. The Bertz CT molecular complexity index is 1420. The number of ether oxygens (including phenoxy) is 2. The van der Waals surface area contributed by atoms with Crippen molar-refractivity contribution in [2.45, 2.75) is 57.2 Å². The second-order valence-corrected chi connectivity index (χ2v) is 10.3. The van der Waals surface area contributed by atoms with Crippen LogP contribution in [0.15, 0.2) is 54.6 Å². The van der Waals surface area contributed by atoms with Gasteiger partial charge < -0.3 is 25.8 Å². The monoisotopic (exact) mass is 550 g/mol. The Kier molecular flexibility index (Phi) is 7.71. The van der Waals surface area contributed by atoms with Gasteiger partial charge in [-0.1, -0.05) is 37.1 Å². The van der Waals surface area contributed by atoms with Gasteiger partial charge in [-0.15, -0.1) is 8.78 Å². The molecular weight excluding hydrogens is 518 g/mol. The van der Waals surface area contributed by atoms with Crippen molar-refractivity contribution in [2.75, 3.05) is 18.4 Å². The number of nitrogens with two attached hydrogens (primary N) is 1. The molecule has 2 amide bonds. The van der Waals surface area contributed by atoms with Crippen LogP contribution < -0.4 is 25.8 Å². The van der Waals surface area contributed by atoms with E-state index in [1.54, 1.807) is 30.3 Å². The van der Waals surface area contributed by atoms with E-state index in [0.29, 0.717) is 48.6 Å². The van der Waals surface area contributed by atoms with E-state index in [1.165, 1.54) is 12.1 Å². The molecule has 0 radical (unpaired) electrons. The van der Waals surface area contributed by atoms with E-state index < -0.39 is 11.7 Å². The van der Waals surface area contributed by atoms with E-state index in [1.807, 2.05) is 19.1 Å². The third-order valence-electron chi connectivity index (χ3n) is 7.29. The number of hydrogen-bond acceptors (Lipinski definition) is 6. The zero-order valence-corrected chi connectivity index (χ0v) is 22.3. The molecule has 1 saturated carbocycles. The van der Waals surface area contributed by atoms with Crippen LogP contribution in [0.1, 0.15) is 60.0 Å². The predicted octanol–water partition coefficient (Wildman–Crippen LogP) is 5.30. The van der Waals surface area contributed by atoms with Crippen LogP contribution in [0, 0.1) is 6.92 Å². The molecule has 2 aromatic carbocycles. The average molecular weight is 551 g/mol. The Morgan fingerprint density at radius 3 is 2.52 bits per heavy atom. The van der Waals surface area contributed by atoms with Gasteiger partial charge in [0.1, 0.15) is 5.82 Å². The highest BCUT2D eigenvalue weighted by Gasteiger charge is 2.53. The molecule has 1 aliphatic heterocycles. The van der Waals surface area contributed by atoms with Crippen molar-refractivity contribution in [1.82, 2.24) is 10.3 Å². The number of anilines is 1. The number of benzene rings is 2. The number of pyridine rings is 1. The van der Waals surface area contributed by atoms with Gasteiger partial charge in [0, 0.05) is 17.7 Å². The first-order valence-electron chi connectivity index (χ1n) is 13.5. The topological polar surface area (TPSA) is 116 Å². The van der Waals surface area contributed by atoms with Gasteiger partial charge in [0.2, 0.25) is 5.91 Å². The summed E-state index contributed by atoms with van der Waals surface area (Å²) in [6.07, 6.45) is 1.37. The zero-order chi connectivity index (χ0) is 28.3. The molecule has 3 aromatic rings. The molecule has 8 nitrogen and oxygen atoms in total. The summed E-state index contributed by atoms with van der Waals surface area (Å²) in [5, 5.41) is 5.85. The van der Waals surface area contributed by atoms with Gasteiger partial charge in [0.25, 0.3) is 5.91 Å². The Hall–Kier alpha value is -4.05. The number of carbonyl (C=O) groups excluding carboxylic acids is 2. The van der Waals surface area contributed by atoms with Crippen molar-refractivity contribution in [1.29, 1.82) is 0 Å². The minimum absolute atomic E-state index is 0.0618. The molecule has 0 bridgehead atoms. The summed E-state index contributed by atoms with van der Waals surface area (Å²) in [5.41, 5.74) is 8.05. The summed E-state index contributed by atoms with van der Waals surface area (Å²) in [7, 11) is 0. The fourth-order valence-electron chi connectivity index (χ4n) is 4.88. The highest BCUT2D eigenvalue weighted by Crippen LogP contribution is 2.52. The van der Waals surface area contributed by atoms with Crippen molar-refractivity contribution < 1.29 is 27.8 Å². The second kappa shape index (κ2) is 11.2. The lowest BCUT2D eigenvalue weighted by atomic mass is 9.94. The zero-order valence-electron chi connectivity index (χ0n) is 22.3. The van der Waals surface area contributed by atoms with Gasteiger partial charge in [0.15, 0.2) is 11.5 Å². The summed E-state index contributed by atoms with van der Waals surface area (Å²) in [5.74, 6) is -0.225. The number of carbonyl (C=O) groups is 2. The smallest absolute Gasteiger partial charge is 0.395 e. The normalized spacial score (nSPS) is 15.9. The molecule has 0 atom stereocenters. The standard InChI is InChI=1S/C30H32F2N4O4/c1-19-9-12-25(35-26(19)20-7-6-8-21(17-20)27(37)34-16-5-3-2-4-15-33)36-28(38)29(13-14-29)22-10-11-23-24(18-22)40-30(31,32)39-23/h6-12,17-18H,2-5,13-16,33H2,1H3,(H,34,37)(H,35,36,38).